The van der Waals surface area contributed by atoms with Crippen molar-refractivity contribution in [3.63, 3.8) is 0 Å². The van der Waals surface area contributed by atoms with Crippen LogP contribution in [0.2, 0.25) is 0 Å². The van der Waals surface area contributed by atoms with Gasteiger partial charge >= 0.3 is 5.97 Å². The molecule has 0 spiro atoms. The van der Waals surface area contributed by atoms with Gasteiger partial charge in [0.15, 0.2) is 13.1 Å². The van der Waals surface area contributed by atoms with Crippen molar-refractivity contribution in [2.75, 3.05) is 24.9 Å². The van der Waals surface area contributed by atoms with Gasteiger partial charge in [-0.25, -0.2) is 4.79 Å². The number of hydrogen-bond donors (Lipinski definition) is 0. The largest absolute Gasteiger partial charge is 0.468 e. The lowest BCUT2D eigenvalue weighted by molar-refractivity contribution is -0.172. The van der Waals surface area contributed by atoms with Crippen molar-refractivity contribution in [1.82, 2.24) is 0 Å². The normalized spacial score (nSPS) is 17.3. The van der Waals surface area contributed by atoms with Crippen LogP contribution in [-0.2, 0) is 28.6 Å². The molecular formula is C30H49NO7. The van der Waals surface area contributed by atoms with Crippen molar-refractivity contribution in [1.29, 1.82) is 0 Å². The molecule has 0 bridgehead atoms. The van der Waals surface area contributed by atoms with E-state index in [1.807, 2.05) is 27.7 Å². The van der Waals surface area contributed by atoms with Gasteiger partial charge in [-0.2, -0.15) is 0 Å². The van der Waals surface area contributed by atoms with E-state index in [0.29, 0.717) is 42.1 Å². The molecule has 1 fully saturated rings. The average Bonchev–Trinajstić information content (AvgIpc) is 3.13. The molecule has 1 aromatic rings. The zero-order chi connectivity index (χ0) is 29.1. The Morgan fingerprint density at radius 3 is 1.92 bits per heavy atom. The number of ether oxygens (including phenoxy) is 4. The fraction of sp³-hybridized carbons (Fsp3) is 0.633. The predicted molar refractivity (Wildman–Crippen MR) is 151 cm³/mol. The number of imide groups is 1. The second-order valence-electron chi connectivity index (χ2n) is 8.83. The summed E-state index contributed by atoms with van der Waals surface area (Å²) >= 11 is 0. The molecule has 3 atom stereocenters. The van der Waals surface area contributed by atoms with Crippen molar-refractivity contribution >= 4 is 23.5 Å². The van der Waals surface area contributed by atoms with Crippen molar-refractivity contribution in [2.24, 2.45) is 11.8 Å². The molecule has 0 aliphatic heterocycles. The lowest BCUT2D eigenvalue weighted by Gasteiger charge is -2.19. The third kappa shape index (κ3) is 13.7. The minimum absolute atomic E-state index is 0.136. The Labute approximate surface area is 229 Å². The van der Waals surface area contributed by atoms with Gasteiger partial charge in [-0.1, -0.05) is 40.7 Å². The van der Waals surface area contributed by atoms with Crippen LogP contribution < -0.4 is 9.64 Å². The number of anilines is 1. The number of rotatable bonds is 11. The smallest absolute Gasteiger partial charge is 0.335 e. The topological polar surface area (TPSA) is 91.4 Å². The predicted octanol–water partition coefficient (Wildman–Crippen LogP) is 6.67. The van der Waals surface area contributed by atoms with Crippen molar-refractivity contribution in [3.8, 4) is 5.75 Å². The van der Waals surface area contributed by atoms with Crippen LogP contribution in [0.3, 0.4) is 0 Å². The summed E-state index contributed by atoms with van der Waals surface area (Å²) in [5.41, 5.74) is 0.870. The number of esters is 1. The van der Waals surface area contributed by atoms with E-state index in [1.54, 1.807) is 38.1 Å². The highest BCUT2D eigenvalue weighted by molar-refractivity contribution is 6.13. The standard InChI is InChI=1S/C26H37NO7.2C2H6/c1-18(2)26(30)34-21(5)32-16-23-8-6-7-22(9-10-23)15-31-17-33-25-13-11-24(12-14-25)27(19(3)28)20(4)29;2*1-2/h11-14,21-23H,1,6-10,15-17H2,2-5H3;2*1-2H3. The summed E-state index contributed by atoms with van der Waals surface area (Å²) in [5.74, 6) is 0.419. The molecule has 2 amide bonds. The monoisotopic (exact) mass is 535 g/mol. The summed E-state index contributed by atoms with van der Waals surface area (Å²) in [7, 11) is 0. The molecule has 8 nitrogen and oxygen atoms in total. The number of carbonyl (C=O) groups is 3. The van der Waals surface area contributed by atoms with Gasteiger partial charge in [-0.05, 0) is 75.6 Å². The lowest BCUT2D eigenvalue weighted by atomic mass is 9.99. The summed E-state index contributed by atoms with van der Waals surface area (Å²) in [6.07, 6.45) is 4.79. The van der Waals surface area contributed by atoms with Gasteiger partial charge in [0, 0.05) is 19.4 Å². The molecule has 1 saturated carbocycles. The highest BCUT2D eigenvalue weighted by atomic mass is 16.7. The zero-order valence-corrected chi connectivity index (χ0v) is 24.7. The van der Waals surface area contributed by atoms with E-state index < -0.39 is 12.3 Å². The Morgan fingerprint density at radius 2 is 1.42 bits per heavy atom. The first-order chi connectivity index (χ1) is 18.2. The zero-order valence-electron chi connectivity index (χ0n) is 24.7. The van der Waals surface area contributed by atoms with E-state index in [-0.39, 0.29) is 18.6 Å². The van der Waals surface area contributed by atoms with E-state index in [2.05, 4.69) is 6.58 Å². The Kier molecular flexibility index (Phi) is 18.8. The van der Waals surface area contributed by atoms with E-state index >= 15 is 0 Å². The van der Waals surface area contributed by atoms with Crippen LogP contribution >= 0.6 is 0 Å². The fourth-order valence-corrected chi connectivity index (χ4v) is 3.95. The molecule has 3 unspecified atom stereocenters. The first-order valence-corrected chi connectivity index (χ1v) is 13.8. The second-order valence-corrected chi connectivity index (χ2v) is 8.83. The molecule has 1 aliphatic carbocycles. The summed E-state index contributed by atoms with van der Waals surface area (Å²) in [6, 6.07) is 6.77. The van der Waals surface area contributed by atoms with Gasteiger partial charge in [-0.15, -0.1) is 0 Å². The number of nitrogens with zero attached hydrogens (tertiary/aromatic N) is 1. The second kappa shape index (κ2) is 20.3. The molecular weight excluding hydrogens is 486 g/mol. The number of carbonyl (C=O) groups excluding carboxylic acids is 3. The lowest BCUT2D eigenvalue weighted by Crippen LogP contribution is -2.32. The Morgan fingerprint density at radius 1 is 0.895 bits per heavy atom. The molecule has 1 aromatic carbocycles. The van der Waals surface area contributed by atoms with Gasteiger partial charge in [0.05, 0.1) is 18.9 Å². The van der Waals surface area contributed by atoms with Gasteiger partial charge in [0.25, 0.3) is 0 Å². The summed E-state index contributed by atoms with van der Waals surface area (Å²) in [6.45, 7) is 19.0. The van der Waals surface area contributed by atoms with Crippen LogP contribution in [0.25, 0.3) is 0 Å². The Hall–Kier alpha value is -2.71. The molecule has 1 aliphatic rings. The molecule has 2 rings (SSSR count). The van der Waals surface area contributed by atoms with Gasteiger partial charge in [0.1, 0.15) is 5.75 Å². The Balaban J connectivity index is 0.00000326. The molecule has 0 heterocycles. The van der Waals surface area contributed by atoms with Gasteiger partial charge in [0.2, 0.25) is 11.8 Å². The van der Waals surface area contributed by atoms with E-state index in [1.165, 1.54) is 13.8 Å². The number of benzene rings is 1. The molecule has 216 valence electrons. The van der Waals surface area contributed by atoms with Crippen LogP contribution in [0.4, 0.5) is 5.69 Å². The molecule has 0 aromatic heterocycles. The van der Waals surface area contributed by atoms with Crippen molar-refractivity contribution < 1.29 is 33.3 Å². The highest BCUT2D eigenvalue weighted by Gasteiger charge is 2.21. The van der Waals surface area contributed by atoms with Crippen molar-refractivity contribution in [2.45, 2.75) is 93.8 Å². The molecule has 38 heavy (non-hydrogen) atoms. The van der Waals surface area contributed by atoms with Gasteiger partial charge in [-0.3, -0.25) is 14.5 Å². The summed E-state index contributed by atoms with van der Waals surface area (Å²) in [4.78, 5) is 35.9. The molecule has 0 saturated heterocycles. The van der Waals surface area contributed by atoms with Crippen LogP contribution in [0.1, 0.15) is 87.5 Å². The van der Waals surface area contributed by atoms with Crippen LogP contribution in [0.5, 0.6) is 5.75 Å². The summed E-state index contributed by atoms with van der Waals surface area (Å²) < 4.78 is 22.3. The van der Waals surface area contributed by atoms with Crippen LogP contribution in [0.15, 0.2) is 36.4 Å². The maximum Gasteiger partial charge on any atom is 0.335 e. The third-order valence-corrected chi connectivity index (χ3v) is 5.78. The quantitative estimate of drug-likeness (QED) is 0.103. The molecule has 8 heteroatoms. The fourth-order valence-electron chi connectivity index (χ4n) is 3.95. The maximum atomic E-state index is 11.6. The van der Waals surface area contributed by atoms with E-state index in [0.717, 1.165) is 37.0 Å². The van der Waals surface area contributed by atoms with E-state index in [9.17, 15) is 14.4 Å². The molecule has 0 radical (unpaired) electrons. The van der Waals surface area contributed by atoms with Gasteiger partial charge < -0.3 is 18.9 Å². The Bertz CT molecular complexity index is 824. The summed E-state index contributed by atoms with van der Waals surface area (Å²) in [5, 5.41) is 0. The first kappa shape index (κ1) is 35.3. The minimum atomic E-state index is -0.578. The SMILES string of the molecule is C=C(C)C(=O)OC(C)OCC1CCCC(COCOc2ccc(N(C(C)=O)C(C)=O)cc2)CC1.CC.CC. The minimum Gasteiger partial charge on any atom is -0.468 e. The first-order valence-electron chi connectivity index (χ1n) is 13.8. The maximum absolute atomic E-state index is 11.6. The third-order valence-electron chi connectivity index (χ3n) is 5.78. The number of amides is 2. The molecule has 0 N–H and O–H groups in total. The number of hydrogen-bond acceptors (Lipinski definition) is 7. The van der Waals surface area contributed by atoms with Crippen molar-refractivity contribution in [3.05, 3.63) is 36.4 Å². The average molecular weight is 536 g/mol. The van der Waals surface area contributed by atoms with E-state index in [4.69, 9.17) is 18.9 Å². The van der Waals surface area contributed by atoms with Crippen LogP contribution in [-0.4, -0.2) is 44.1 Å². The highest BCUT2D eigenvalue weighted by Crippen LogP contribution is 2.28. The van der Waals surface area contributed by atoms with Crippen LogP contribution in [0, 0.1) is 11.8 Å².